The molecule has 0 aliphatic carbocycles. The van der Waals surface area contributed by atoms with Crippen LogP contribution in [0.2, 0.25) is 0 Å². The molecule has 1 N–H and O–H groups in total. The monoisotopic (exact) mass is 261 g/mol. The zero-order valence-electron chi connectivity index (χ0n) is 11.3. The van der Waals surface area contributed by atoms with Crippen molar-refractivity contribution >= 4 is 11.8 Å². The Morgan fingerprint density at radius 1 is 1.32 bits per heavy atom. The van der Waals surface area contributed by atoms with Gasteiger partial charge >= 0.3 is 0 Å². The van der Waals surface area contributed by atoms with Gasteiger partial charge in [-0.3, -0.25) is 14.5 Å². The molecule has 0 saturated carbocycles. The van der Waals surface area contributed by atoms with Gasteiger partial charge in [-0.15, -0.1) is 0 Å². The molecule has 0 bridgehead atoms. The molecule has 0 aromatic heterocycles. The highest BCUT2D eigenvalue weighted by Crippen LogP contribution is 2.37. The highest BCUT2D eigenvalue weighted by atomic mass is 16.3. The maximum Gasteiger partial charge on any atom is 0.240 e. The van der Waals surface area contributed by atoms with Gasteiger partial charge in [0.2, 0.25) is 11.8 Å². The van der Waals surface area contributed by atoms with Crippen molar-refractivity contribution in [3.05, 3.63) is 35.9 Å². The van der Waals surface area contributed by atoms with E-state index in [4.69, 9.17) is 0 Å². The molecule has 1 saturated heterocycles. The Kier molecular flexibility index (Phi) is 3.71. The normalized spacial score (nSPS) is 24.9. The zero-order chi connectivity index (χ0) is 14.0. The summed E-state index contributed by atoms with van der Waals surface area (Å²) in [6, 6.07) is 8.94. The third-order valence-electron chi connectivity index (χ3n) is 3.92. The quantitative estimate of drug-likeness (QED) is 0.835. The van der Waals surface area contributed by atoms with Crippen molar-refractivity contribution in [1.29, 1.82) is 0 Å². The summed E-state index contributed by atoms with van der Waals surface area (Å²) in [6.45, 7) is 3.48. The number of amides is 2. The number of rotatable bonds is 4. The van der Waals surface area contributed by atoms with Gasteiger partial charge in [0.1, 0.15) is 0 Å². The predicted molar refractivity (Wildman–Crippen MR) is 71.4 cm³/mol. The summed E-state index contributed by atoms with van der Waals surface area (Å²) in [6.07, 6.45) is 0.741. The fourth-order valence-electron chi connectivity index (χ4n) is 2.64. The molecule has 2 atom stereocenters. The number of carbonyl (C=O) groups excluding carboxylic acids is 2. The van der Waals surface area contributed by atoms with E-state index in [1.165, 1.54) is 4.90 Å². The molecular formula is C15H19NO3. The Bertz CT molecular complexity index is 481. The lowest BCUT2D eigenvalue weighted by Crippen LogP contribution is -2.44. The molecule has 2 amide bonds. The fraction of sp³-hybridized carbons (Fsp3) is 0.467. The first-order valence-corrected chi connectivity index (χ1v) is 6.57. The Morgan fingerprint density at radius 3 is 2.47 bits per heavy atom. The lowest BCUT2D eigenvalue weighted by Gasteiger charge is -2.27. The number of aliphatic hydroxyl groups excluding tert-OH is 1. The van der Waals surface area contributed by atoms with E-state index in [9.17, 15) is 14.7 Å². The molecule has 1 aliphatic heterocycles. The second kappa shape index (κ2) is 5.13. The van der Waals surface area contributed by atoms with Crippen molar-refractivity contribution < 1.29 is 14.7 Å². The number of nitrogens with zero attached hydrogens (tertiary/aromatic N) is 1. The van der Waals surface area contributed by atoms with Crippen molar-refractivity contribution in [2.24, 2.45) is 0 Å². The van der Waals surface area contributed by atoms with Crippen LogP contribution in [0.5, 0.6) is 0 Å². The van der Waals surface area contributed by atoms with Crippen LogP contribution in [-0.4, -0.2) is 34.5 Å². The molecule has 0 radical (unpaired) electrons. The van der Waals surface area contributed by atoms with Crippen LogP contribution in [0.4, 0.5) is 0 Å². The first-order chi connectivity index (χ1) is 9.04. The minimum Gasteiger partial charge on any atom is -0.394 e. The molecule has 4 nitrogen and oxygen atoms in total. The number of hydrogen-bond donors (Lipinski definition) is 1. The van der Waals surface area contributed by atoms with E-state index in [1.54, 1.807) is 6.92 Å². The van der Waals surface area contributed by atoms with E-state index in [1.807, 2.05) is 37.3 Å². The summed E-state index contributed by atoms with van der Waals surface area (Å²) in [5, 5.41) is 9.32. The molecule has 2 rings (SSSR count). The summed E-state index contributed by atoms with van der Waals surface area (Å²) < 4.78 is 0. The van der Waals surface area contributed by atoms with Crippen LogP contribution in [0, 0.1) is 0 Å². The van der Waals surface area contributed by atoms with Gasteiger partial charge in [-0.2, -0.15) is 0 Å². The first kappa shape index (κ1) is 13.7. The van der Waals surface area contributed by atoms with Gasteiger partial charge in [0, 0.05) is 6.42 Å². The van der Waals surface area contributed by atoms with Gasteiger partial charge < -0.3 is 5.11 Å². The molecule has 1 unspecified atom stereocenters. The number of benzene rings is 1. The average Bonchev–Trinajstić information content (AvgIpc) is 2.66. The van der Waals surface area contributed by atoms with Crippen molar-refractivity contribution in [2.75, 3.05) is 6.61 Å². The molecule has 4 heteroatoms. The van der Waals surface area contributed by atoms with Crippen LogP contribution < -0.4 is 0 Å². The summed E-state index contributed by atoms with van der Waals surface area (Å²) in [5.41, 5.74) is 0.0460. The number of carbonyl (C=O) groups is 2. The summed E-state index contributed by atoms with van der Waals surface area (Å²) in [7, 11) is 0. The number of likely N-dealkylation sites (tertiary alicyclic amines) is 1. The largest absolute Gasteiger partial charge is 0.394 e. The van der Waals surface area contributed by atoms with Crippen molar-refractivity contribution in [3.8, 4) is 0 Å². The summed E-state index contributed by atoms with van der Waals surface area (Å²) in [4.78, 5) is 26.0. The highest BCUT2D eigenvalue weighted by Gasteiger charge is 2.50. The highest BCUT2D eigenvalue weighted by molar-refractivity contribution is 6.09. The van der Waals surface area contributed by atoms with Gasteiger partial charge in [0.15, 0.2) is 0 Å². The van der Waals surface area contributed by atoms with E-state index in [0.717, 1.165) is 5.56 Å². The van der Waals surface area contributed by atoms with Crippen molar-refractivity contribution in [1.82, 2.24) is 4.90 Å². The molecule has 0 spiro atoms. The van der Waals surface area contributed by atoms with E-state index in [0.29, 0.717) is 6.42 Å². The van der Waals surface area contributed by atoms with Crippen LogP contribution in [0.1, 0.15) is 32.3 Å². The third-order valence-corrected chi connectivity index (χ3v) is 3.92. The smallest absolute Gasteiger partial charge is 0.240 e. The molecule has 19 heavy (non-hydrogen) atoms. The lowest BCUT2D eigenvalue weighted by atomic mass is 9.81. The molecule has 1 aromatic rings. The minimum atomic E-state index is -0.805. The van der Waals surface area contributed by atoms with Crippen LogP contribution in [0.3, 0.4) is 0 Å². The molecule has 1 fully saturated rings. The summed E-state index contributed by atoms with van der Waals surface area (Å²) in [5.74, 6) is -0.401. The fourth-order valence-corrected chi connectivity index (χ4v) is 2.64. The Labute approximate surface area is 113 Å². The maximum absolute atomic E-state index is 12.6. The predicted octanol–water partition coefficient (Wildman–Crippen LogP) is 1.47. The number of hydrogen-bond acceptors (Lipinski definition) is 3. The minimum absolute atomic E-state index is 0.173. The third kappa shape index (κ3) is 2.16. The van der Waals surface area contributed by atoms with Gasteiger partial charge in [-0.25, -0.2) is 0 Å². The molecule has 1 aliphatic rings. The van der Waals surface area contributed by atoms with Gasteiger partial charge in [0.25, 0.3) is 0 Å². The van der Waals surface area contributed by atoms with Gasteiger partial charge in [-0.1, -0.05) is 37.3 Å². The average molecular weight is 261 g/mol. The van der Waals surface area contributed by atoms with Crippen LogP contribution >= 0.6 is 0 Å². The van der Waals surface area contributed by atoms with E-state index >= 15 is 0 Å². The Morgan fingerprint density at radius 2 is 1.95 bits per heavy atom. The Hall–Kier alpha value is -1.68. The van der Waals surface area contributed by atoms with E-state index in [2.05, 4.69) is 0 Å². The van der Waals surface area contributed by atoms with Crippen LogP contribution in [-0.2, 0) is 15.0 Å². The number of imide groups is 1. The second-order valence-corrected chi connectivity index (χ2v) is 5.19. The van der Waals surface area contributed by atoms with E-state index < -0.39 is 11.5 Å². The molecule has 1 aromatic carbocycles. The molecule has 102 valence electrons. The lowest BCUT2D eigenvalue weighted by molar-refractivity contribution is -0.143. The molecule has 1 heterocycles. The zero-order valence-corrected chi connectivity index (χ0v) is 11.3. The van der Waals surface area contributed by atoms with Crippen molar-refractivity contribution in [2.45, 2.75) is 38.1 Å². The van der Waals surface area contributed by atoms with Crippen molar-refractivity contribution in [3.63, 3.8) is 0 Å². The first-order valence-electron chi connectivity index (χ1n) is 6.57. The summed E-state index contributed by atoms with van der Waals surface area (Å²) >= 11 is 0. The second-order valence-electron chi connectivity index (χ2n) is 5.19. The molecular weight excluding hydrogens is 242 g/mol. The van der Waals surface area contributed by atoms with Gasteiger partial charge in [0.05, 0.1) is 18.1 Å². The topological polar surface area (TPSA) is 57.6 Å². The standard InChI is InChI=1S/C15H19NO3/c1-3-12(10-17)16-13(18)9-15(2,14(16)19)11-7-5-4-6-8-11/h4-8,12,17H,3,9-10H2,1-2H3/t12-,15?/m0/s1. The Balaban J connectivity index is 2.37. The van der Waals surface area contributed by atoms with Crippen LogP contribution in [0.25, 0.3) is 0 Å². The SMILES string of the molecule is CC[C@@H](CO)N1C(=O)CC(C)(c2ccccc2)C1=O. The van der Waals surface area contributed by atoms with Crippen LogP contribution in [0.15, 0.2) is 30.3 Å². The van der Waals surface area contributed by atoms with Gasteiger partial charge in [-0.05, 0) is 18.9 Å². The maximum atomic E-state index is 12.6. The van der Waals surface area contributed by atoms with E-state index in [-0.39, 0.29) is 24.8 Å². The number of aliphatic hydroxyl groups is 1.